The maximum absolute atomic E-state index is 5.82. The van der Waals surface area contributed by atoms with E-state index in [0.717, 1.165) is 30.5 Å². The van der Waals surface area contributed by atoms with Crippen LogP contribution in [0.5, 0.6) is 0 Å². The fourth-order valence-electron chi connectivity index (χ4n) is 4.45. The summed E-state index contributed by atoms with van der Waals surface area (Å²) < 4.78 is 0. The van der Waals surface area contributed by atoms with Gasteiger partial charge in [-0.25, -0.2) is 0 Å². The van der Waals surface area contributed by atoms with E-state index in [0.29, 0.717) is 0 Å². The summed E-state index contributed by atoms with van der Waals surface area (Å²) in [6.45, 7) is 6.95. The number of piperidine rings is 1. The van der Waals surface area contributed by atoms with Crippen molar-refractivity contribution < 1.29 is 0 Å². The molecule has 0 radical (unpaired) electrons. The van der Waals surface area contributed by atoms with Crippen molar-refractivity contribution in [3.05, 3.63) is 0 Å². The van der Waals surface area contributed by atoms with Crippen LogP contribution in [0.15, 0.2) is 0 Å². The Balaban J connectivity index is 1.90. The van der Waals surface area contributed by atoms with E-state index < -0.39 is 0 Å². The summed E-state index contributed by atoms with van der Waals surface area (Å²) in [5.41, 5.74) is 5.82. The first-order chi connectivity index (χ1) is 9.20. The zero-order valence-electron chi connectivity index (χ0n) is 13.1. The SMILES string of the molecule is CC(C)CC1CCCC(N2CCCCC2CCN)C1. The monoisotopic (exact) mass is 266 g/mol. The highest BCUT2D eigenvalue weighted by molar-refractivity contribution is 4.87. The summed E-state index contributed by atoms with van der Waals surface area (Å²) in [5, 5.41) is 0. The Morgan fingerprint density at radius 3 is 2.68 bits per heavy atom. The Kier molecular flexibility index (Phi) is 6.15. The number of hydrogen-bond acceptors (Lipinski definition) is 2. The number of likely N-dealkylation sites (tertiary alicyclic amines) is 1. The van der Waals surface area contributed by atoms with Gasteiger partial charge in [-0.3, -0.25) is 4.90 Å². The first kappa shape index (κ1) is 15.3. The molecular weight excluding hydrogens is 232 g/mol. The van der Waals surface area contributed by atoms with Crippen molar-refractivity contribution in [1.29, 1.82) is 0 Å². The Hall–Kier alpha value is -0.0800. The van der Waals surface area contributed by atoms with Crippen LogP contribution < -0.4 is 5.73 Å². The van der Waals surface area contributed by atoms with Crippen molar-refractivity contribution in [3.63, 3.8) is 0 Å². The summed E-state index contributed by atoms with van der Waals surface area (Å²) >= 11 is 0. The lowest BCUT2D eigenvalue weighted by molar-refractivity contribution is 0.0521. The smallest absolute Gasteiger partial charge is 0.0110 e. The minimum Gasteiger partial charge on any atom is -0.330 e. The van der Waals surface area contributed by atoms with E-state index in [-0.39, 0.29) is 0 Å². The molecule has 2 N–H and O–H groups in total. The largest absolute Gasteiger partial charge is 0.330 e. The standard InChI is InChI=1S/C17H34N2/c1-14(2)12-15-6-5-8-17(13-15)19-11-4-3-7-16(19)9-10-18/h14-17H,3-13,18H2,1-2H3. The number of rotatable bonds is 5. The van der Waals surface area contributed by atoms with Gasteiger partial charge in [-0.05, 0) is 63.5 Å². The van der Waals surface area contributed by atoms with Crippen molar-refractivity contribution in [2.75, 3.05) is 13.1 Å². The van der Waals surface area contributed by atoms with Crippen LogP contribution in [0.4, 0.5) is 0 Å². The van der Waals surface area contributed by atoms with Gasteiger partial charge in [0.1, 0.15) is 0 Å². The molecule has 2 fully saturated rings. The van der Waals surface area contributed by atoms with Crippen molar-refractivity contribution >= 4 is 0 Å². The normalized spacial score (nSPS) is 33.8. The highest BCUT2D eigenvalue weighted by atomic mass is 15.2. The molecule has 2 rings (SSSR count). The number of hydrogen-bond donors (Lipinski definition) is 1. The second kappa shape index (κ2) is 7.64. The van der Waals surface area contributed by atoms with Gasteiger partial charge in [0.25, 0.3) is 0 Å². The first-order valence-corrected chi connectivity index (χ1v) is 8.66. The summed E-state index contributed by atoms with van der Waals surface area (Å²) in [5.74, 6) is 1.85. The van der Waals surface area contributed by atoms with Gasteiger partial charge in [-0.2, -0.15) is 0 Å². The van der Waals surface area contributed by atoms with Crippen LogP contribution in [0.25, 0.3) is 0 Å². The second-order valence-corrected chi connectivity index (χ2v) is 7.28. The third-order valence-corrected chi connectivity index (χ3v) is 5.20. The van der Waals surface area contributed by atoms with Crippen molar-refractivity contribution in [3.8, 4) is 0 Å². The first-order valence-electron chi connectivity index (χ1n) is 8.66. The maximum atomic E-state index is 5.82. The Labute approximate surface area is 120 Å². The van der Waals surface area contributed by atoms with Crippen LogP contribution in [-0.4, -0.2) is 30.1 Å². The molecule has 1 saturated heterocycles. The van der Waals surface area contributed by atoms with Gasteiger partial charge in [0.05, 0.1) is 0 Å². The molecule has 0 spiro atoms. The van der Waals surface area contributed by atoms with Crippen LogP contribution in [0.2, 0.25) is 0 Å². The van der Waals surface area contributed by atoms with E-state index in [2.05, 4.69) is 18.7 Å². The predicted octanol–water partition coefficient (Wildman–Crippen LogP) is 3.79. The maximum Gasteiger partial charge on any atom is 0.0110 e. The number of nitrogens with two attached hydrogens (primary N) is 1. The lowest BCUT2D eigenvalue weighted by Gasteiger charge is -2.44. The zero-order chi connectivity index (χ0) is 13.7. The molecule has 0 bridgehead atoms. The molecule has 1 heterocycles. The van der Waals surface area contributed by atoms with E-state index >= 15 is 0 Å². The lowest BCUT2D eigenvalue weighted by Crippen LogP contribution is -2.48. The van der Waals surface area contributed by atoms with Gasteiger partial charge < -0.3 is 5.73 Å². The Bertz CT molecular complexity index is 250. The molecular formula is C17H34N2. The van der Waals surface area contributed by atoms with Crippen LogP contribution in [0.1, 0.15) is 71.6 Å². The molecule has 0 aromatic heterocycles. The van der Waals surface area contributed by atoms with Gasteiger partial charge in [0.2, 0.25) is 0 Å². The van der Waals surface area contributed by atoms with Gasteiger partial charge in [-0.15, -0.1) is 0 Å². The highest BCUT2D eigenvalue weighted by Gasteiger charge is 2.32. The van der Waals surface area contributed by atoms with Crippen LogP contribution >= 0.6 is 0 Å². The molecule has 1 saturated carbocycles. The molecule has 1 aliphatic heterocycles. The average Bonchev–Trinajstić information content (AvgIpc) is 2.39. The van der Waals surface area contributed by atoms with Gasteiger partial charge >= 0.3 is 0 Å². The molecule has 0 amide bonds. The van der Waals surface area contributed by atoms with E-state index in [9.17, 15) is 0 Å². The minimum absolute atomic E-state index is 0.793. The van der Waals surface area contributed by atoms with E-state index in [1.807, 2.05) is 0 Å². The van der Waals surface area contributed by atoms with Crippen LogP contribution in [0.3, 0.4) is 0 Å². The predicted molar refractivity (Wildman–Crippen MR) is 83.2 cm³/mol. The van der Waals surface area contributed by atoms with E-state index in [1.165, 1.54) is 64.3 Å². The number of nitrogens with zero attached hydrogens (tertiary/aromatic N) is 1. The molecule has 3 unspecified atom stereocenters. The Morgan fingerprint density at radius 2 is 1.95 bits per heavy atom. The summed E-state index contributed by atoms with van der Waals surface area (Å²) in [4.78, 5) is 2.85. The molecule has 3 atom stereocenters. The molecule has 19 heavy (non-hydrogen) atoms. The molecule has 0 aromatic carbocycles. The fourth-order valence-corrected chi connectivity index (χ4v) is 4.45. The fraction of sp³-hybridized carbons (Fsp3) is 1.00. The molecule has 1 aliphatic carbocycles. The third kappa shape index (κ3) is 4.46. The van der Waals surface area contributed by atoms with Crippen molar-refractivity contribution in [1.82, 2.24) is 4.90 Å². The molecule has 112 valence electrons. The quantitative estimate of drug-likeness (QED) is 0.820. The molecule has 0 aromatic rings. The molecule has 2 aliphatic rings. The molecule has 2 heteroatoms. The summed E-state index contributed by atoms with van der Waals surface area (Å²) in [6, 6.07) is 1.66. The average molecular weight is 266 g/mol. The van der Waals surface area contributed by atoms with Crippen molar-refractivity contribution in [2.45, 2.75) is 83.7 Å². The van der Waals surface area contributed by atoms with Gasteiger partial charge in [-0.1, -0.05) is 33.1 Å². The van der Waals surface area contributed by atoms with Crippen molar-refractivity contribution in [2.24, 2.45) is 17.6 Å². The van der Waals surface area contributed by atoms with E-state index in [1.54, 1.807) is 0 Å². The van der Waals surface area contributed by atoms with Crippen LogP contribution in [-0.2, 0) is 0 Å². The topological polar surface area (TPSA) is 29.3 Å². The lowest BCUT2D eigenvalue weighted by atomic mass is 9.79. The van der Waals surface area contributed by atoms with Crippen LogP contribution in [0, 0.1) is 11.8 Å². The van der Waals surface area contributed by atoms with Gasteiger partial charge in [0, 0.05) is 12.1 Å². The third-order valence-electron chi connectivity index (χ3n) is 5.20. The minimum atomic E-state index is 0.793. The molecule has 2 nitrogen and oxygen atoms in total. The highest BCUT2D eigenvalue weighted by Crippen LogP contribution is 2.35. The second-order valence-electron chi connectivity index (χ2n) is 7.28. The van der Waals surface area contributed by atoms with Gasteiger partial charge in [0.15, 0.2) is 0 Å². The zero-order valence-corrected chi connectivity index (χ0v) is 13.1. The van der Waals surface area contributed by atoms with E-state index in [4.69, 9.17) is 5.73 Å². The summed E-state index contributed by atoms with van der Waals surface area (Å²) in [7, 11) is 0. The summed E-state index contributed by atoms with van der Waals surface area (Å²) in [6.07, 6.45) is 12.7. The Morgan fingerprint density at radius 1 is 1.11 bits per heavy atom.